The van der Waals surface area contributed by atoms with Crippen molar-refractivity contribution in [3.8, 4) is 0 Å². The van der Waals surface area contributed by atoms with Crippen LogP contribution in [0, 0.1) is 6.92 Å². The number of aryl methyl sites for hydroxylation is 1. The summed E-state index contributed by atoms with van der Waals surface area (Å²) in [6.07, 6.45) is 2.02. The van der Waals surface area contributed by atoms with Crippen LogP contribution >= 0.6 is 0 Å². The number of hydrogen-bond donors (Lipinski definition) is 0. The van der Waals surface area contributed by atoms with Gasteiger partial charge in [-0.2, -0.15) is 0 Å². The lowest BCUT2D eigenvalue weighted by atomic mass is 10.2. The van der Waals surface area contributed by atoms with Crippen LogP contribution in [-0.2, 0) is 0 Å². The molecule has 0 atom stereocenters. The molecule has 1 aromatic heterocycles. The summed E-state index contributed by atoms with van der Waals surface area (Å²) in [5.41, 5.74) is 2.46. The third-order valence-electron chi connectivity index (χ3n) is 1.80. The number of rotatable bonds is 0. The maximum absolute atomic E-state index is 3.22. The fourth-order valence-corrected chi connectivity index (χ4v) is 1.23. The van der Waals surface area contributed by atoms with Gasteiger partial charge in [-0.1, -0.05) is 12.1 Å². The van der Waals surface area contributed by atoms with Crippen molar-refractivity contribution in [2.24, 2.45) is 0 Å². The SMILES string of the molecule is Cc1c[nH+]c2ccccc2c1.[Cl-]. The van der Waals surface area contributed by atoms with Gasteiger partial charge in [0.2, 0.25) is 5.52 Å². The predicted octanol–water partition coefficient (Wildman–Crippen LogP) is -1.03. The topological polar surface area (TPSA) is 14.1 Å². The lowest BCUT2D eigenvalue weighted by Crippen LogP contribution is -3.00. The molecule has 1 N–H and O–H groups in total. The summed E-state index contributed by atoms with van der Waals surface area (Å²) in [5, 5.41) is 1.27. The Bertz CT molecular complexity index is 384. The average molecular weight is 180 g/mol. The molecule has 1 nitrogen and oxygen atoms in total. The van der Waals surface area contributed by atoms with Gasteiger partial charge in [-0.05, 0) is 19.1 Å². The standard InChI is InChI=1S/C10H9N.ClH/c1-8-6-9-4-2-3-5-10(9)11-7-8;/h2-7H,1H3;1H. The smallest absolute Gasteiger partial charge is 0.210 e. The summed E-state index contributed by atoms with van der Waals surface area (Å²) in [6, 6.07) is 10.4. The fraction of sp³-hybridized carbons (Fsp3) is 0.100. The van der Waals surface area contributed by atoms with Gasteiger partial charge in [0.1, 0.15) is 0 Å². The zero-order valence-electron chi connectivity index (χ0n) is 6.84. The van der Waals surface area contributed by atoms with Crippen molar-refractivity contribution in [3.63, 3.8) is 0 Å². The molecule has 1 aromatic carbocycles. The van der Waals surface area contributed by atoms with Gasteiger partial charge in [0.25, 0.3) is 0 Å². The summed E-state index contributed by atoms with van der Waals surface area (Å²) < 4.78 is 0. The van der Waals surface area contributed by atoms with Crippen LogP contribution in [0.1, 0.15) is 5.56 Å². The number of halogens is 1. The number of pyridine rings is 1. The van der Waals surface area contributed by atoms with E-state index in [1.807, 2.05) is 12.3 Å². The Balaban J connectivity index is 0.000000720. The summed E-state index contributed by atoms with van der Waals surface area (Å²) in [5.74, 6) is 0. The van der Waals surface area contributed by atoms with Crippen molar-refractivity contribution in [3.05, 3.63) is 42.1 Å². The van der Waals surface area contributed by atoms with E-state index in [1.165, 1.54) is 16.5 Å². The number of aromatic amines is 1. The fourth-order valence-electron chi connectivity index (χ4n) is 1.23. The van der Waals surface area contributed by atoms with Gasteiger partial charge in [-0.15, -0.1) is 0 Å². The maximum Gasteiger partial charge on any atom is 0.210 e. The van der Waals surface area contributed by atoms with Gasteiger partial charge >= 0.3 is 0 Å². The number of para-hydroxylation sites is 1. The molecule has 2 rings (SSSR count). The van der Waals surface area contributed by atoms with E-state index >= 15 is 0 Å². The zero-order valence-corrected chi connectivity index (χ0v) is 7.60. The molecule has 0 fully saturated rings. The van der Waals surface area contributed by atoms with Crippen molar-refractivity contribution in [1.82, 2.24) is 0 Å². The maximum atomic E-state index is 3.22. The van der Waals surface area contributed by atoms with E-state index in [1.54, 1.807) is 0 Å². The van der Waals surface area contributed by atoms with E-state index in [2.05, 4.69) is 36.2 Å². The highest BCUT2D eigenvalue weighted by Gasteiger charge is 1.97. The van der Waals surface area contributed by atoms with Crippen LogP contribution in [0.2, 0.25) is 0 Å². The Hall–Kier alpha value is -1.08. The quantitative estimate of drug-likeness (QED) is 0.491. The van der Waals surface area contributed by atoms with E-state index in [4.69, 9.17) is 0 Å². The Morgan fingerprint density at radius 1 is 1.17 bits per heavy atom. The molecular formula is C10H10ClN. The lowest BCUT2D eigenvalue weighted by molar-refractivity contribution is -0.345. The van der Waals surface area contributed by atoms with Crippen molar-refractivity contribution >= 4 is 10.9 Å². The molecular weight excluding hydrogens is 170 g/mol. The second-order valence-corrected chi connectivity index (χ2v) is 2.76. The molecule has 1 heterocycles. The zero-order chi connectivity index (χ0) is 7.68. The van der Waals surface area contributed by atoms with Gasteiger partial charge in [0.05, 0.1) is 0 Å². The van der Waals surface area contributed by atoms with Gasteiger partial charge in [0, 0.05) is 17.0 Å². The molecule has 0 saturated heterocycles. The minimum Gasteiger partial charge on any atom is -1.00 e. The summed E-state index contributed by atoms with van der Waals surface area (Å²) in [6.45, 7) is 2.09. The number of aromatic nitrogens is 1. The third kappa shape index (κ3) is 1.56. The molecule has 12 heavy (non-hydrogen) atoms. The van der Waals surface area contributed by atoms with Crippen molar-refractivity contribution in [2.45, 2.75) is 6.92 Å². The normalized spacial score (nSPS) is 9.42. The molecule has 0 bridgehead atoms. The van der Waals surface area contributed by atoms with Gasteiger partial charge in [-0.3, -0.25) is 0 Å². The average Bonchev–Trinajstić information content (AvgIpc) is 2.04. The Morgan fingerprint density at radius 3 is 2.75 bits per heavy atom. The second kappa shape index (κ2) is 3.55. The van der Waals surface area contributed by atoms with Crippen LogP contribution in [0.3, 0.4) is 0 Å². The van der Waals surface area contributed by atoms with Crippen molar-refractivity contribution in [1.29, 1.82) is 0 Å². The van der Waals surface area contributed by atoms with Crippen LogP contribution in [0.15, 0.2) is 36.5 Å². The van der Waals surface area contributed by atoms with E-state index in [0.29, 0.717) is 0 Å². The largest absolute Gasteiger partial charge is 1.00 e. The highest BCUT2D eigenvalue weighted by Crippen LogP contribution is 2.08. The highest BCUT2D eigenvalue weighted by atomic mass is 35.5. The Labute approximate surface area is 77.9 Å². The Kier molecular flexibility index (Phi) is 2.66. The first kappa shape index (κ1) is 9.01. The summed E-state index contributed by atoms with van der Waals surface area (Å²) in [7, 11) is 0. The first-order valence-electron chi connectivity index (χ1n) is 3.73. The van der Waals surface area contributed by atoms with E-state index in [-0.39, 0.29) is 12.4 Å². The molecule has 62 valence electrons. The number of nitrogens with one attached hydrogen (secondary N) is 1. The first-order chi connectivity index (χ1) is 5.36. The van der Waals surface area contributed by atoms with E-state index in [9.17, 15) is 0 Å². The number of benzene rings is 1. The van der Waals surface area contributed by atoms with Crippen LogP contribution in [0.5, 0.6) is 0 Å². The molecule has 0 aliphatic carbocycles. The van der Waals surface area contributed by atoms with Crippen LogP contribution < -0.4 is 17.4 Å². The molecule has 2 heteroatoms. The molecule has 0 radical (unpaired) electrons. The third-order valence-corrected chi connectivity index (χ3v) is 1.80. The number of hydrogen-bond acceptors (Lipinski definition) is 0. The molecule has 0 unspecified atom stereocenters. The Morgan fingerprint density at radius 2 is 1.92 bits per heavy atom. The van der Waals surface area contributed by atoms with Crippen molar-refractivity contribution < 1.29 is 17.4 Å². The lowest BCUT2D eigenvalue weighted by Gasteiger charge is -1.90. The highest BCUT2D eigenvalue weighted by molar-refractivity contribution is 5.75. The minimum absolute atomic E-state index is 0. The van der Waals surface area contributed by atoms with Gasteiger partial charge in [0.15, 0.2) is 6.20 Å². The molecule has 0 aliphatic heterocycles. The molecule has 2 aromatic rings. The summed E-state index contributed by atoms with van der Waals surface area (Å²) >= 11 is 0. The summed E-state index contributed by atoms with van der Waals surface area (Å²) in [4.78, 5) is 3.22. The van der Waals surface area contributed by atoms with E-state index in [0.717, 1.165) is 0 Å². The van der Waals surface area contributed by atoms with Crippen LogP contribution in [0.4, 0.5) is 0 Å². The van der Waals surface area contributed by atoms with Gasteiger partial charge < -0.3 is 12.4 Å². The minimum atomic E-state index is 0. The number of H-pyrrole nitrogens is 1. The van der Waals surface area contributed by atoms with Gasteiger partial charge in [-0.25, -0.2) is 4.98 Å². The monoisotopic (exact) mass is 179 g/mol. The molecule has 0 amide bonds. The van der Waals surface area contributed by atoms with Crippen LogP contribution in [-0.4, -0.2) is 0 Å². The van der Waals surface area contributed by atoms with Crippen molar-refractivity contribution in [2.75, 3.05) is 0 Å². The second-order valence-electron chi connectivity index (χ2n) is 2.76. The predicted molar refractivity (Wildman–Crippen MR) is 45.2 cm³/mol. The first-order valence-corrected chi connectivity index (χ1v) is 3.73. The molecule has 0 spiro atoms. The van der Waals surface area contributed by atoms with Crippen LogP contribution in [0.25, 0.3) is 10.9 Å². The van der Waals surface area contributed by atoms with E-state index < -0.39 is 0 Å². The number of fused-ring (bicyclic) bond motifs is 1. The molecule has 0 aliphatic rings. The molecule has 0 saturated carbocycles.